The molecule has 0 atom stereocenters. The molecule has 1 heterocycles. The van der Waals surface area contributed by atoms with Crippen molar-refractivity contribution in [2.75, 3.05) is 6.61 Å². The smallest absolute Gasteiger partial charge is 0.143 e. The molecular formula is C38H30OP2. The van der Waals surface area contributed by atoms with E-state index in [0.29, 0.717) is 6.61 Å². The molecule has 1 fully saturated rings. The number of benzene rings is 6. The molecule has 1 aliphatic heterocycles. The zero-order valence-corrected chi connectivity index (χ0v) is 24.5. The Morgan fingerprint density at radius 1 is 0.366 bits per heavy atom. The molecule has 0 radical (unpaired) electrons. The van der Waals surface area contributed by atoms with Crippen molar-refractivity contribution in [2.45, 2.75) is 5.60 Å². The van der Waals surface area contributed by atoms with E-state index in [1.807, 2.05) is 0 Å². The molecule has 0 N–H and O–H groups in total. The molecule has 1 saturated heterocycles. The van der Waals surface area contributed by atoms with Crippen LogP contribution in [0.15, 0.2) is 170 Å². The maximum atomic E-state index is 6.61. The van der Waals surface area contributed by atoms with Crippen LogP contribution in [0.5, 0.6) is 0 Å². The molecule has 0 aromatic heterocycles. The van der Waals surface area contributed by atoms with Gasteiger partial charge in [0.1, 0.15) is 5.60 Å². The van der Waals surface area contributed by atoms with Crippen LogP contribution >= 0.6 is 15.8 Å². The molecule has 0 saturated carbocycles. The van der Waals surface area contributed by atoms with E-state index in [1.165, 1.54) is 43.0 Å². The lowest BCUT2D eigenvalue weighted by atomic mass is 9.91. The predicted octanol–water partition coefficient (Wildman–Crippen LogP) is 6.48. The Morgan fingerprint density at radius 3 is 0.927 bits per heavy atom. The second-order valence-corrected chi connectivity index (χ2v) is 14.5. The number of hydrogen-bond donors (Lipinski definition) is 0. The Kier molecular flexibility index (Phi) is 7.35. The summed E-state index contributed by atoms with van der Waals surface area (Å²) in [5.41, 5.74) is 2.09. The Labute approximate surface area is 245 Å². The number of rotatable bonds is 8. The van der Waals surface area contributed by atoms with Gasteiger partial charge in [-0.15, -0.1) is 0 Å². The fourth-order valence-corrected chi connectivity index (χ4v) is 10.8. The van der Waals surface area contributed by atoms with Crippen LogP contribution in [0.25, 0.3) is 0 Å². The van der Waals surface area contributed by atoms with Crippen LogP contribution in [0.2, 0.25) is 0 Å². The van der Waals surface area contributed by atoms with Gasteiger partial charge in [0.2, 0.25) is 0 Å². The Hall–Kier alpha value is -3.86. The molecule has 0 aliphatic carbocycles. The van der Waals surface area contributed by atoms with E-state index in [9.17, 15) is 0 Å². The first-order valence-corrected chi connectivity index (χ1v) is 16.7. The van der Waals surface area contributed by atoms with E-state index in [0.717, 1.165) is 0 Å². The highest BCUT2D eigenvalue weighted by atomic mass is 31.1. The molecule has 41 heavy (non-hydrogen) atoms. The van der Waals surface area contributed by atoms with Crippen LogP contribution in [0, 0.1) is 0 Å². The molecule has 6 aromatic rings. The van der Waals surface area contributed by atoms with Crippen LogP contribution in [0.1, 0.15) is 11.1 Å². The first-order valence-electron chi connectivity index (χ1n) is 14.0. The maximum absolute atomic E-state index is 6.61. The van der Waals surface area contributed by atoms with Gasteiger partial charge in [0, 0.05) is 0 Å². The summed E-state index contributed by atoms with van der Waals surface area (Å²) < 4.78 is 6.61. The zero-order valence-electron chi connectivity index (χ0n) is 22.7. The number of epoxide rings is 1. The van der Waals surface area contributed by atoms with Crippen molar-refractivity contribution >= 4 is 47.7 Å². The van der Waals surface area contributed by atoms with Crippen LogP contribution in [0.3, 0.4) is 0 Å². The van der Waals surface area contributed by atoms with Gasteiger partial charge in [0.15, 0.2) is 0 Å². The van der Waals surface area contributed by atoms with Crippen molar-refractivity contribution in [3.8, 4) is 0 Å². The average molecular weight is 565 g/mol. The lowest BCUT2D eigenvalue weighted by molar-refractivity contribution is 0.351. The summed E-state index contributed by atoms with van der Waals surface area (Å²) >= 11 is 0. The molecule has 7 rings (SSSR count). The normalized spacial score (nSPS) is 13.8. The summed E-state index contributed by atoms with van der Waals surface area (Å²) in [6.07, 6.45) is 0. The summed E-state index contributed by atoms with van der Waals surface area (Å²) in [6.45, 7) is 0.681. The molecule has 3 heteroatoms. The highest BCUT2D eigenvalue weighted by molar-refractivity contribution is 7.80. The van der Waals surface area contributed by atoms with Gasteiger partial charge < -0.3 is 4.74 Å². The van der Waals surface area contributed by atoms with Crippen molar-refractivity contribution in [1.29, 1.82) is 0 Å². The van der Waals surface area contributed by atoms with Crippen LogP contribution < -0.4 is 31.8 Å². The van der Waals surface area contributed by atoms with Crippen molar-refractivity contribution in [2.24, 2.45) is 0 Å². The fourth-order valence-electron chi connectivity index (χ4n) is 5.71. The van der Waals surface area contributed by atoms with Gasteiger partial charge in [0.25, 0.3) is 0 Å². The van der Waals surface area contributed by atoms with Gasteiger partial charge in [-0.1, -0.05) is 170 Å². The monoisotopic (exact) mass is 564 g/mol. The summed E-state index contributed by atoms with van der Waals surface area (Å²) in [4.78, 5) is 0. The molecule has 198 valence electrons. The highest BCUT2D eigenvalue weighted by Gasteiger charge is 2.51. The van der Waals surface area contributed by atoms with E-state index in [2.05, 4.69) is 170 Å². The second kappa shape index (κ2) is 11.6. The molecule has 6 aromatic carbocycles. The van der Waals surface area contributed by atoms with E-state index in [4.69, 9.17) is 4.74 Å². The van der Waals surface area contributed by atoms with Crippen molar-refractivity contribution in [3.63, 3.8) is 0 Å². The minimum Gasteiger partial charge on any atom is -0.359 e. The molecule has 0 amide bonds. The first-order chi connectivity index (χ1) is 20.4. The summed E-state index contributed by atoms with van der Waals surface area (Å²) in [6, 6.07) is 61.8. The van der Waals surface area contributed by atoms with E-state index >= 15 is 0 Å². The molecule has 0 bridgehead atoms. The Bertz CT molecular complexity index is 1530. The third-order valence-corrected chi connectivity index (χ3v) is 12.7. The minimum atomic E-state index is -0.769. The van der Waals surface area contributed by atoms with Gasteiger partial charge in [-0.3, -0.25) is 0 Å². The summed E-state index contributed by atoms with van der Waals surface area (Å²) in [5, 5.41) is 8.11. The van der Waals surface area contributed by atoms with Crippen LogP contribution in [0.4, 0.5) is 0 Å². The SMILES string of the molecule is c1ccc(P(c2ccccc2)c2ccccc2C2(c3ccccc3P(c3ccccc3)c3ccccc3)CO2)cc1. The third kappa shape index (κ3) is 5.07. The molecule has 1 nitrogen and oxygen atoms in total. The third-order valence-electron chi connectivity index (χ3n) is 7.65. The highest BCUT2D eigenvalue weighted by Crippen LogP contribution is 2.50. The van der Waals surface area contributed by atoms with Gasteiger partial charge in [-0.25, -0.2) is 0 Å². The summed E-state index contributed by atoms with van der Waals surface area (Å²) in [7, 11) is -1.54. The fraction of sp³-hybridized carbons (Fsp3) is 0.0526. The van der Waals surface area contributed by atoms with Gasteiger partial charge in [-0.05, 0) is 58.8 Å². The van der Waals surface area contributed by atoms with Crippen molar-refractivity contribution in [1.82, 2.24) is 0 Å². The van der Waals surface area contributed by atoms with E-state index < -0.39 is 21.4 Å². The van der Waals surface area contributed by atoms with Gasteiger partial charge in [0.05, 0.1) is 6.61 Å². The van der Waals surface area contributed by atoms with Gasteiger partial charge >= 0.3 is 0 Å². The largest absolute Gasteiger partial charge is 0.359 e. The average Bonchev–Trinajstić information content (AvgIpc) is 3.86. The molecule has 1 aliphatic rings. The minimum absolute atomic E-state index is 0.471. The maximum Gasteiger partial charge on any atom is 0.143 e. The topological polar surface area (TPSA) is 12.5 Å². The number of ether oxygens (including phenoxy) is 1. The lowest BCUT2D eigenvalue weighted by Gasteiger charge is -2.28. The first kappa shape index (κ1) is 26.1. The Morgan fingerprint density at radius 2 is 0.634 bits per heavy atom. The second-order valence-electron chi connectivity index (χ2n) is 10.2. The quantitative estimate of drug-likeness (QED) is 0.152. The summed E-state index contributed by atoms with van der Waals surface area (Å²) in [5.74, 6) is 0. The molecule has 0 unspecified atom stereocenters. The molecule has 0 spiro atoms. The van der Waals surface area contributed by atoms with E-state index in [-0.39, 0.29) is 0 Å². The zero-order chi connectivity index (χ0) is 27.5. The molecular weight excluding hydrogens is 534 g/mol. The van der Waals surface area contributed by atoms with E-state index in [1.54, 1.807) is 0 Å². The van der Waals surface area contributed by atoms with Gasteiger partial charge in [-0.2, -0.15) is 0 Å². The standard InChI is InChI=1S/C38H30OP2/c1-5-17-30(18-6-1)40(31-19-7-2-8-20-31)36-27-15-13-25-34(36)38(29-39-38)35-26-14-16-28-37(35)41(32-21-9-3-10-22-32)33-23-11-4-12-24-33/h1-28H,29H2. The number of hydrogen-bond acceptors (Lipinski definition) is 1. The van der Waals surface area contributed by atoms with Crippen molar-refractivity contribution in [3.05, 3.63) is 181 Å². The Balaban J connectivity index is 1.42. The predicted molar refractivity (Wildman–Crippen MR) is 177 cm³/mol. The van der Waals surface area contributed by atoms with Crippen LogP contribution in [-0.2, 0) is 10.3 Å². The lowest BCUT2D eigenvalue weighted by Crippen LogP contribution is -2.32. The van der Waals surface area contributed by atoms with Crippen molar-refractivity contribution < 1.29 is 4.74 Å². The van der Waals surface area contributed by atoms with Crippen LogP contribution in [-0.4, -0.2) is 6.61 Å².